The molecule has 130 valence electrons. The van der Waals surface area contributed by atoms with Crippen molar-refractivity contribution in [2.75, 3.05) is 5.32 Å². The summed E-state index contributed by atoms with van der Waals surface area (Å²) in [7, 11) is -3.79. The highest BCUT2D eigenvalue weighted by Crippen LogP contribution is 2.22. The highest BCUT2D eigenvalue weighted by Gasteiger charge is 2.28. The fourth-order valence-electron chi connectivity index (χ4n) is 1.62. The number of nitrogens with one attached hydrogen (secondary N) is 2. The van der Waals surface area contributed by atoms with Gasteiger partial charge in [-0.3, -0.25) is 10.1 Å². The number of hydrogen-bond acceptors (Lipinski definition) is 6. The van der Waals surface area contributed by atoms with Crippen LogP contribution in [0.3, 0.4) is 0 Å². The van der Waals surface area contributed by atoms with E-state index in [2.05, 4.69) is 20.2 Å². The highest BCUT2D eigenvalue weighted by atomic mass is 35.5. The third-order valence-corrected chi connectivity index (χ3v) is 6.41. The lowest BCUT2D eigenvalue weighted by Gasteiger charge is -2.22. The Morgan fingerprint density at radius 2 is 1.88 bits per heavy atom. The summed E-state index contributed by atoms with van der Waals surface area (Å²) in [6.07, 6.45) is 0.616. The van der Waals surface area contributed by atoms with Gasteiger partial charge < -0.3 is 0 Å². The number of benzene rings is 1. The first-order valence-corrected chi connectivity index (χ1v) is 9.75. The minimum absolute atomic E-state index is 0.102. The van der Waals surface area contributed by atoms with Gasteiger partial charge >= 0.3 is 0 Å². The van der Waals surface area contributed by atoms with Crippen LogP contribution in [0.5, 0.6) is 0 Å². The summed E-state index contributed by atoms with van der Waals surface area (Å²) in [5.74, 6) is -0.423. The van der Waals surface area contributed by atoms with E-state index in [9.17, 15) is 13.2 Å². The van der Waals surface area contributed by atoms with Gasteiger partial charge in [-0.1, -0.05) is 29.9 Å². The molecule has 1 aromatic carbocycles. The van der Waals surface area contributed by atoms with Crippen molar-refractivity contribution in [1.82, 2.24) is 14.9 Å². The number of carbonyl (C=O) groups excluding carboxylic acids is 1. The van der Waals surface area contributed by atoms with E-state index < -0.39 is 21.5 Å². The Morgan fingerprint density at radius 3 is 2.46 bits per heavy atom. The molecule has 2 N–H and O–H groups in total. The Morgan fingerprint density at radius 1 is 1.25 bits per heavy atom. The molecule has 1 amide bonds. The third kappa shape index (κ3) is 4.73. The number of amides is 1. The van der Waals surface area contributed by atoms with Crippen molar-refractivity contribution in [2.24, 2.45) is 0 Å². The largest absolute Gasteiger partial charge is 0.296 e. The Balaban J connectivity index is 2.13. The molecule has 0 atom stereocenters. The van der Waals surface area contributed by atoms with Gasteiger partial charge in [-0.15, -0.1) is 10.2 Å². The second-order valence-corrected chi connectivity index (χ2v) is 8.95. The lowest BCUT2D eigenvalue weighted by atomic mass is 10.0. The fraction of sp³-hybridized carbons (Fsp3) is 0.357. The van der Waals surface area contributed by atoms with Crippen LogP contribution in [0.25, 0.3) is 0 Å². The summed E-state index contributed by atoms with van der Waals surface area (Å²) in [5.41, 5.74) is -0.221. The van der Waals surface area contributed by atoms with Crippen molar-refractivity contribution < 1.29 is 13.2 Å². The van der Waals surface area contributed by atoms with Crippen LogP contribution in [0.1, 0.15) is 37.6 Å². The molecule has 0 aliphatic carbocycles. The number of nitrogens with zero attached hydrogens (tertiary/aromatic N) is 2. The number of rotatable bonds is 6. The van der Waals surface area contributed by atoms with Crippen molar-refractivity contribution in [2.45, 2.75) is 37.1 Å². The molecule has 10 heteroatoms. The Bertz CT molecular complexity index is 832. The van der Waals surface area contributed by atoms with Crippen molar-refractivity contribution >= 4 is 44.0 Å². The monoisotopic (exact) mass is 388 g/mol. The molecular weight excluding hydrogens is 372 g/mol. The van der Waals surface area contributed by atoms with Gasteiger partial charge in [-0.05, 0) is 44.5 Å². The van der Waals surface area contributed by atoms with Crippen molar-refractivity contribution in [1.29, 1.82) is 0 Å². The number of carbonyl (C=O) groups is 1. The smallest absolute Gasteiger partial charge is 0.270 e. The van der Waals surface area contributed by atoms with E-state index in [0.717, 1.165) is 11.3 Å². The molecule has 1 heterocycles. The molecule has 0 aliphatic heterocycles. The summed E-state index contributed by atoms with van der Waals surface area (Å²) in [4.78, 5) is 12.1. The van der Waals surface area contributed by atoms with Crippen LogP contribution in [-0.4, -0.2) is 30.1 Å². The van der Waals surface area contributed by atoms with Crippen LogP contribution in [0.4, 0.5) is 5.13 Å². The Kier molecular flexibility index (Phi) is 5.59. The first-order chi connectivity index (χ1) is 11.1. The molecule has 0 saturated carbocycles. The van der Waals surface area contributed by atoms with Gasteiger partial charge in [-0.25, -0.2) is 13.1 Å². The van der Waals surface area contributed by atoms with E-state index in [-0.39, 0.29) is 9.47 Å². The van der Waals surface area contributed by atoms with Gasteiger partial charge in [0.2, 0.25) is 9.47 Å². The average Bonchev–Trinajstić information content (AvgIpc) is 2.96. The van der Waals surface area contributed by atoms with Crippen molar-refractivity contribution in [3.63, 3.8) is 0 Å². The van der Waals surface area contributed by atoms with Crippen LogP contribution in [0.15, 0.2) is 28.6 Å². The topological polar surface area (TPSA) is 101 Å². The number of halogens is 1. The highest BCUT2D eigenvalue weighted by molar-refractivity contribution is 7.91. The molecule has 0 fully saturated rings. The molecule has 7 nitrogen and oxygen atoms in total. The van der Waals surface area contributed by atoms with E-state index in [1.165, 1.54) is 0 Å². The van der Waals surface area contributed by atoms with E-state index in [1.807, 2.05) is 6.92 Å². The predicted octanol–water partition coefficient (Wildman–Crippen LogP) is 2.91. The normalized spacial score (nSPS) is 12.2. The fourth-order valence-corrected chi connectivity index (χ4v) is 4.13. The Labute approximate surface area is 149 Å². The van der Waals surface area contributed by atoms with Crippen molar-refractivity contribution in [3.05, 3.63) is 34.9 Å². The molecule has 0 radical (unpaired) electrons. The molecule has 0 bridgehead atoms. The number of sulfonamides is 1. The van der Waals surface area contributed by atoms with Crippen LogP contribution in [0, 0.1) is 0 Å². The maximum absolute atomic E-state index is 12.3. The molecule has 0 aliphatic rings. The standard InChI is InChI=1S/C14H17ClN4O3S2/c1-4-14(2,3)19-24(21,22)13-18-17-12(23-13)16-11(20)9-5-7-10(15)8-6-9/h5-8,19H,4H2,1-3H3,(H,16,17,20). The number of aromatic nitrogens is 2. The molecule has 0 saturated heterocycles. The lowest BCUT2D eigenvalue weighted by Crippen LogP contribution is -2.42. The first-order valence-electron chi connectivity index (χ1n) is 7.07. The van der Waals surface area contributed by atoms with Crippen LogP contribution >= 0.6 is 22.9 Å². The van der Waals surface area contributed by atoms with E-state index in [0.29, 0.717) is 17.0 Å². The van der Waals surface area contributed by atoms with Gasteiger partial charge in [0.15, 0.2) is 0 Å². The van der Waals surface area contributed by atoms with Gasteiger partial charge in [0.05, 0.1) is 0 Å². The predicted molar refractivity (Wildman–Crippen MR) is 94.0 cm³/mol. The molecule has 0 spiro atoms. The number of anilines is 1. The Hall–Kier alpha value is -1.55. The summed E-state index contributed by atoms with van der Waals surface area (Å²) >= 11 is 6.56. The zero-order valence-corrected chi connectivity index (χ0v) is 15.7. The molecule has 24 heavy (non-hydrogen) atoms. The van der Waals surface area contributed by atoms with Crippen molar-refractivity contribution in [3.8, 4) is 0 Å². The summed E-state index contributed by atoms with van der Waals surface area (Å²) in [5, 5.41) is 10.5. The van der Waals surface area contributed by atoms with Crippen LogP contribution < -0.4 is 10.0 Å². The van der Waals surface area contributed by atoms with Gasteiger partial charge in [-0.2, -0.15) is 0 Å². The summed E-state index contributed by atoms with van der Waals surface area (Å²) in [6, 6.07) is 6.29. The molecular formula is C14H17ClN4O3S2. The molecule has 0 unspecified atom stereocenters. The molecule has 2 rings (SSSR count). The van der Waals surface area contributed by atoms with Crippen LogP contribution in [-0.2, 0) is 10.0 Å². The molecule has 1 aromatic heterocycles. The van der Waals surface area contributed by atoms with Gasteiger partial charge in [0.25, 0.3) is 15.9 Å². The lowest BCUT2D eigenvalue weighted by molar-refractivity contribution is 0.102. The maximum atomic E-state index is 12.3. The average molecular weight is 389 g/mol. The van der Waals surface area contributed by atoms with Gasteiger partial charge in [0, 0.05) is 16.1 Å². The second kappa shape index (κ2) is 7.14. The van der Waals surface area contributed by atoms with E-state index in [4.69, 9.17) is 11.6 Å². The van der Waals surface area contributed by atoms with E-state index >= 15 is 0 Å². The summed E-state index contributed by atoms with van der Waals surface area (Å²) in [6.45, 7) is 5.42. The summed E-state index contributed by atoms with van der Waals surface area (Å²) < 4.78 is 26.9. The zero-order valence-electron chi connectivity index (χ0n) is 13.3. The minimum Gasteiger partial charge on any atom is -0.296 e. The SMILES string of the molecule is CCC(C)(C)NS(=O)(=O)c1nnc(NC(=O)c2ccc(Cl)cc2)s1. The third-order valence-electron chi connectivity index (χ3n) is 3.26. The number of hydrogen-bond donors (Lipinski definition) is 2. The molecule has 2 aromatic rings. The van der Waals surface area contributed by atoms with E-state index in [1.54, 1.807) is 38.1 Å². The quantitative estimate of drug-likeness (QED) is 0.741. The maximum Gasteiger partial charge on any atom is 0.270 e. The van der Waals surface area contributed by atoms with Gasteiger partial charge in [0.1, 0.15) is 0 Å². The second-order valence-electron chi connectivity index (χ2n) is 5.68. The zero-order chi connectivity index (χ0) is 18.0. The minimum atomic E-state index is -3.79. The van der Waals surface area contributed by atoms with Crippen LogP contribution in [0.2, 0.25) is 5.02 Å². The first kappa shape index (κ1) is 18.8.